The van der Waals surface area contributed by atoms with Crippen LogP contribution < -0.4 is 5.73 Å². The van der Waals surface area contributed by atoms with Crippen molar-refractivity contribution in [1.29, 1.82) is 0 Å². The molecule has 1 saturated carbocycles. The standard InChI is InChI=1S/C16H26N2O/c1-16(2)9-14(17)13-5-6-18(15(13)10-16)7-8-19-11-12-3-4-12/h5-6,12,14H,3-4,7-11,17H2,1-2H3. The summed E-state index contributed by atoms with van der Waals surface area (Å²) < 4.78 is 8.10. The van der Waals surface area contributed by atoms with E-state index in [1.54, 1.807) is 0 Å². The average Bonchev–Trinajstić information content (AvgIpc) is 3.05. The second kappa shape index (κ2) is 4.95. The van der Waals surface area contributed by atoms with Crippen molar-refractivity contribution in [1.82, 2.24) is 4.57 Å². The summed E-state index contributed by atoms with van der Waals surface area (Å²) in [5.74, 6) is 0.853. The number of nitrogens with two attached hydrogens (primary N) is 1. The fourth-order valence-electron chi connectivity index (χ4n) is 3.20. The molecule has 1 aromatic heterocycles. The van der Waals surface area contributed by atoms with Crippen LogP contribution in [0.5, 0.6) is 0 Å². The number of aromatic nitrogens is 1. The van der Waals surface area contributed by atoms with Crippen LogP contribution in [0.1, 0.15) is 50.4 Å². The lowest BCUT2D eigenvalue weighted by Gasteiger charge is -2.34. The molecule has 2 aliphatic carbocycles. The SMILES string of the molecule is CC1(C)Cc2c(ccn2CCOCC2CC2)C(N)C1. The second-order valence-corrected chi connectivity index (χ2v) is 7.08. The summed E-state index contributed by atoms with van der Waals surface area (Å²) >= 11 is 0. The lowest BCUT2D eigenvalue weighted by Crippen LogP contribution is -2.30. The Balaban J connectivity index is 1.62. The summed E-state index contributed by atoms with van der Waals surface area (Å²) in [5.41, 5.74) is 9.39. The van der Waals surface area contributed by atoms with E-state index in [4.69, 9.17) is 10.5 Å². The molecule has 0 spiro atoms. The van der Waals surface area contributed by atoms with Gasteiger partial charge in [-0.05, 0) is 48.6 Å². The van der Waals surface area contributed by atoms with Crippen molar-refractivity contribution >= 4 is 0 Å². The molecule has 19 heavy (non-hydrogen) atoms. The van der Waals surface area contributed by atoms with Gasteiger partial charge in [-0.15, -0.1) is 0 Å². The highest BCUT2D eigenvalue weighted by Crippen LogP contribution is 2.39. The van der Waals surface area contributed by atoms with Gasteiger partial charge in [0.2, 0.25) is 0 Å². The topological polar surface area (TPSA) is 40.2 Å². The van der Waals surface area contributed by atoms with Crippen LogP contribution in [0.15, 0.2) is 12.3 Å². The maximum Gasteiger partial charge on any atom is 0.0645 e. The van der Waals surface area contributed by atoms with E-state index in [0.29, 0.717) is 5.41 Å². The minimum Gasteiger partial charge on any atom is -0.379 e. The van der Waals surface area contributed by atoms with Crippen LogP contribution in [-0.2, 0) is 17.7 Å². The summed E-state index contributed by atoms with van der Waals surface area (Å²) in [6.45, 7) is 7.38. The fraction of sp³-hybridized carbons (Fsp3) is 0.750. The molecule has 0 bridgehead atoms. The molecular weight excluding hydrogens is 236 g/mol. The zero-order chi connectivity index (χ0) is 13.5. The zero-order valence-electron chi connectivity index (χ0n) is 12.2. The van der Waals surface area contributed by atoms with Gasteiger partial charge in [0.15, 0.2) is 0 Å². The van der Waals surface area contributed by atoms with E-state index >= 15 is 0 Å². The Morgan fingerprint density at radius 3 is 2.95 bits per heavy atom. The second-order valence-electron chi connectivity index (χ2n) is 7.08. The molecule has 2 aliphatic rings. The van der Waals surface area contributed by atoms with Gasteiger partial charge in [0.25, 0.3) is 0 Å². The molecule has 1 heterocycles. The highest BCUT2D eigenvalue weighted by molar-refractivity contribution is 5.30. The molecule has 0 aromatic carbocycles. The molecule has 1 aromatic rings. The van der Waals surface area contributed by atoms with Crippen molar-refractivity contribution in [2.75, 3.05) is 13.2 Å². The highest BCUT2D eigenvalue weighted by Gasteiger charge is 2.32. The third kappa shape index (κ3) is 3.03. The summed E-state index contributed by atoms with van der Waals surface area (Å²) in [6, 6.07) is 2.41. The number of ether oxygens (including phenoxy) is 1. The Hall–Kier alpha value is -0.800. The third-order valence-electron chi connectivity index (χ3n) is 4.46. The van der Waals surface area contributed by atoms with Crippen molar-refractivity contribution in [2.24, 2.45) is 17.1 Å². The molecule has 0 saturated heterocycles. The first-order chi connectivity index (χ1) is 9.05. The number of nitrogens with zero attached hydrogens (tertiary/aromatic N) is 1. The van der Waals surface area contributed by atoms with Crippen LogP contribution in [-0.4, -0.2) is 17.8 Å². The van der Waals surface area contributed by atoms with Crippen LogP contribution in [0.2, 0.25) is 0 Å². The van der Waals surface area contributed by atoms with E-state index < -0.39 is 0 Å². The monoisotopic (exact) mass is 262 g/mol. The molecule has 1 fully saturated rings. The maximum atomic E-state index is 6.29. The molecular formula is C16H26N2O. The number of fused-ring (bicyclic) bond motifs is 1. The Labute approximate surface area is 116 Å². The van der Waals surface area contributed by atoms with Crippen molar-refractivity contribution in [3.63, 3.8) is 0 Å². The Kier molecular flexibility index (Phi) is 3.44. The van der Waals surface area contributed by atoms with Gasteiger partial charge >= 0.3 is 0 Å². The predicted octanol–water partition coefficient (Wildman–Crippen LogP) is 2.89. The highest BCUT2D eigenvalue weighted by atomic mass is 16.5. The molecule has 0 radical (unpaired) electrons. The first kappa shape index (κ1) is 13.2. The molecule has 1 atom stereocenters. The Bertz CT molecular complexity index is 446. The normalized spacial score (nSPS) is 25.3. The molecule has 3 nitrogen and oxygen atoms in total. The van der Waals surface area contributed by atoms with Gasteiger partial charge in [0.1, 0.15) is 0 Å². The summed E-state index contributed by atoms with van der Waals surface area (Å²) in [7, 11) is 0. The first-order valence-corrected chi connectivity index (χ1v) is 7.56. The zero-order valence-corrected chi connectivity index (χ0v) is 12.2. The lowest BCUT2D eigenvalue weighted by atomic mass is 9.74. The predicted molar refractivity (Wildman–Crippen MR) is 77.0 cm³/mol. The van der Waals surface area contributed by atoms with Crippen LogP contribution >= 0.6 is 0 Å². The molecule has 106 valence electrons. The van der Waals surface area contributed by atoms with Crippen molar-refractivity contribution in [3.8, 4) is 0 Å². The van der Waals surface area contributed by atoms with Crippen LogP contribution in [0, 0.1) is 11.3 Å². The van der Waals surface area contributed by atoms with Gasteiger partial charge in [-0.1, -0.05) is 13.8 Å². The minimum absolute atomic E-state index is 0.201. The summed E-state index contributed by atoms with van der Waals surface area (Å²) in [5, 5.41) is 0. The number of rotatable bonds is 5. The van der Waals surface area contributed by atoms with E-state index in [0.717, 1.165) is 38.5 Å². The van der Waals surface area contributed by atoms with Gasteiger partial charge in [-0.25, -0.2) is 0 Å². The fourth-order valence-corrected chi connectivity index (χ4v) is 3.20. The van der Waals surface area contributed by atoms with Gasteiger partial charge < -0.3 is 15.0 Å². The molecule has 3 rings (SSSR count). The molecule has 3 heteroatoms. The number of hydrogen-bond donors (Lipinski definition) is 1. The van der Waals surface area contributed by atoms with E-state index in [1.165, 1.54) is 24.1 Å². The van der Waals surface area contributed by atoms with Gasteiger partial charge in [-0.2, -0.15) is 0 Å². The van der Waals surface area contributed by atoms with E-state index in [9.17, 15) is 0 Å². The quantitative estimate of drug-likeness (QED) is 0.829. The molecule has 0 aliphatic heterocycles. The smallest absolute Gasteiger partial charge is 0.0645 e. The first-order valence-electron chi connectivity index (χ1n) is 7.56. The van der Waals surface area contributed by atoms with Crippen LogP contribution in [0.3, 0.4) is 0 Å². The van der Waals surface area contributed by atoms with Crippen molar-refractivity contribution in [3.05, 3.63) is 23.5 Å². The van der Waals surface area contributed by atoms with E-state index in [-0.39, 0.29) is 6.04 Å². The molecule has 2 N–H and O–H groups in total. The Morgan fingerprint density at radius 1 is 1.42 bits per heavy atom. The average molecular weight is 262 g/mol. The van der Waals surface area contributed by atoms with Gasteiger partial charge in [-0.3, -0.25) is 0 Å². The molecule has 0 amide bonds. The van der Waals surface area contributed by atoms with E-state index in [2.05, 4.69) is 30.7 Å². The van der Waals surface area contributed by atoms with Crippen LogP contribution in [0.25, 0.3) is 0 Å². The molecule has 1 unspecified atom stereocenters. The lowest BCUT2D eigenvalue weighted by molar-refractivity contribution is 0.115. The van der Waals surface area contributed by atoms with Crippen LogP contribution in [0.4, 0.5) is 0 Å². The minimum atomic E-state index is 0.201. The Morgan fingerprint density at radius 2 is 2.21 bits per heavy atom. The third-order valence-corrected chi connectivity index (χ3v) is 4.46. The maximum absolute atomic E-state index is 6.29. The summed E-state index contributed by atoms with van der Waals surface area (Å²) in [6.07, 6.45) is 7.13. The van der Waals surface area contributed by atoms with Crippen molar-refractivity contribution < 1.29 is 4.74 Å². The van der Waals surface area contributed by atoms with Gasteiger partial charge in [0, 0.05) is 31.1 Å². The number of hydrogen-bond acceptors (Lipinski definition) is 2. The van der Waals surface area contributed by atoms with E-state index in [1.807, 2.05) is 0 Å². The summed E-state index contributed by atoms with van der Waals surface area (Å²) in [4.78, 5) is 0. The van der Waals surface area contributed by atoms with Gasteiger partial charge in [0.05, 0.1) is 6.61 Å². The largest absolute Gasteiger partial charge is 0.379 e. The van der Waals surface area contributed by atoms with Crippen molar-refractivity contribution in [2.45, 2.75) is 52.1 Å².